The lowest BCUT2D eigenvalue weighted by Gasteiger charge is -2.18. The molecule has 0 aliphatic carbocycles. The van der Waals surface area contributed by atoms with Crippen LogP contribution in [0.15, 0.2) is 35.6 Å². The van der Waals surface area contributed by atoms with Crippen molar-refractivity contribution in [3.8, 4) is 11.3 Å². The third kappa shape index (κ3) is 4.17. The molecule has 6 nitrogen and oxygen atoms in total. The third-order valence-corrected chi connectivity index (χ3v) is 5.05. The summed E-state index contributed by atoms with van der Waals surface area (Å²) >= 11 is 12.2. The van der Waals surface area contributed by atoms with E-state index < -0.39 is 23.3 Å². The molecule has 3 rings (SSSR count). The van der Waals surface area contributed by atoms with E-state index in [4.69, 9.17) is 32.8 Å². The summed E-state index contributed by atoms with van der Waals surface area (Å²) in [5.74, 6) is -0.598. The Hall–Kier alpha value is -2.52. The summed E-state index contributed by atoms with van der Waals surface area (Å²) in [7, 11) is 0. The maximum absolute atomic E-state index is 12.9. The molecule has 0 radical (unpaired) electrons. The Morgan fingerprint density at radius 3 is 2.63 bits per heavy atom. The van der Waals surface area contributed by atoms with Gasteiger partial charge >= 0.3 is 12.1 Å². The molecule has 0 amide bonds. The number of benzene rings is 1. The van der Waals surface area contributed by atoms with E-state index in [1.165, 1.54) is 25.1 Å². The Balaban J connectivity index is 1.99. The van der Waals surface area contributed by atoms with Crippen molar-refractivity contribution in [2.45, 2.75) is 32.0 Å². The van der Waals surface area contributed by atoms with Gasteiger partial charge in [-0.05, 0) is 38.1 Å². The largest absolute Gasteiger partial charge is 0.618 e. The van der Waals surface area contributed by atoms with Gasteiger partial charge in [0.15, 0.2) is 6.20 Å². The van der Waals surface area contributed by atoms with E-state index in [-0.39, 0.29) is 39.1 Å². The number of esters is 1. The molecule has 1 aromatic carbocycles. The standard InChI is InChI=1S/C19H15Cl2F3N2O4/c1-3-29-17(27)18(2)8-15(25-30-18)12-6-10(4-5-13(12)20)16-14(21)7-11(9-26(16)28)19(22,23)24/h4-7,9H,3,8H2,1-2H3. The molecule has 2 aromatic rings. The summed E-state index contributed by atoms with van der Waals surface area (Å²) < 4.78 is 43.7. The van der Waals surface area contributed by atoms with Gasteiger partial charge in [0.1, 0.15) is 10.6 Å². The number of carbonyl (C=O) groups excluding carboxylic acids is 1. The first-order chi connectivity index (χ1) is 14.0. The molecule has 1 aliphatic rings. The van der Waals surface area contributed by atoms with Crippen LogP contribution in [0.5, 0.6) is 0 Å². The molecule has 1 aliphatic heterocycles. The van der Waals surface area contributed by atoms with Crippen molar-refractivity contribution >= 4 is 34.9 Å². The number of alkyl halides is 3. The van der Waals surface area contributed by atoms with Gasteiger partial charge in [-0.1, -0.05) is 28.4 Å². The Morgan fingerprint density at radius 2 is 2.03 bits per heavy atom. The molecular weight excluding hydrogens is 448 g/mol. The van der Waals surface area contributed by atoms with Gasteiger partial charge in [0.05, 0.1) is 12.3 Å². The van der Waals surface area contributed by atoms with E-state index in [0.29, 0.717) is 23.5 Å². The molecule has 160 valence electrons. The quantitative estimate of drug-likeness (QED) is 0.373. The van der Waals surface area contributed by atoms with Crippen LogP contribution in [-0.4, -0.2) is 23.9 Å². The number of halogens is 5. The predicted molar refractivity (Wildman–Crippen MR) is 103 cm³/mol. The van der Waals surface area contributed by atoms with Crippen molar-refractivity contribution in [3.63, 3.8) is 0 Å². The van der Waals surface area contributed by atoms with Crippen molar-refractivity contribution in [2.24, 2.45) is 5.16 Å². The first-order valence-corrected chi connectivity index (χ1v) is 9.44. The first kappa shape index (κ1) is 22.2. The van der Waals surface area contributed by atoms with Crippen LogP contribution < -0.4 is 4.73 Å². The zero-order chi connectivity index (χ0) is 22.3. The number of aromatic nitrogens is 1. The van der Waals surface area contributed by atoms with Crippen molar-refractivity contribution in [1.82, 2.24) is 0 Å². The number of pyridine rings is 1. The highest BCUT2D eigenvalue weighted by atomic mass is 35.5. The summed E-state index contributed by atoms with van der Waals surface area (Å²) in [5.41, 5.74) is -1.81. The summed E-state index contributed by atoms with van der Waals surface area (Å²) in [4.78, 5) is 17.4. The van der Waals surface area contributed by atoms with Gasteiger partial charge in [0.25, 0.3) is 0 Å². The van der Waals surface area contributed by atoms with Crippen LogP contribution in [0.2, 0.25) is 10.0 Å². The van der Waals surface area contributed by atoms with Crippen LogP contribution in [0.1, 0.15) is 31.4 Å². The molecule has 0 N–H and O–H groups in total. The minimum absolute atomic E-state index is 0.0487. The van der Waals surface area contributed by atoms with Crippen LogP contribution in [0, 0.1) is 5.21 Å². The van der Waals surface area contributed by atoms with E-state index in [1.807, 2.05) is 0 Å². The molecular formula is C19H15Cl2F3N2O4. The number of carbonyl (C=O) groups is 1. The third-order valence-electron chi connectivity index (χ3n) is 4.43. The normalized spacial score (nSPS) is 18.7. The average molecular weight is 463 g/mol. The maximum atomic E-state index is 12.9. The molecule has 1 atom stereocenters. The lowest BCUT2D eigenvalue weighted by molar-refractivity contribution is -0.594. The molecule has 1 unspecified atom stereocenters. The summed E-state index contributed by atoms with van der Waals surface area (Å²) in [5, 5.41) is 16.1. The van der Waals surface area contributed by atoms with Crippen LogP contribution in [0.3, 0.4) is 0 Å². The van der Waals surface area contributed by atoms with Crippen LogP contribution in [0.4, 0.5) is 13.2 Å². The first-order valence-electron chi connectivity index (χ1n) is 8.68. The lowest BCUT2D eigenvalue weighted by Crippen LogP contribution is -2.37. The molecule has 0 saturated carbocycles. The van der Waals surface area contributed by atoms with Crippen LogP contribution in [-0.2, 0) is 20.5 Å². The highest BCUT2D eigenvalue weighted by molar-refractivity contribution is 6.35. The van der Waals surface area contributed by atoms with E-state index in [1.54, 1.807) is 6.92 Å². The lowest BCUT2D eigenvalue weighted by atomic mass is 9.94. The van der Waals surface area contributed by atoms with Gasteiger partial charge in [-0.25, -0.2) is 4.79 Å². The van der Waals surface area contributed by atoms with Crippen molar-refractivity contribution in [2.75, 3.05) is 6.61 Å². The highest BCUT2D eigenvalue weighted by Crippen LogP contribution is 2.36. The van der Waals surface area contributed by atoms with Gasteiger partial charge in [0, 0.05) is 22.6 Å². The predicted octanol–water partition coefficient (Wildman–Crippen LogP) is 4.76. The zero-order valence-corrected chi connectivity index (χ0v) is 17.2. The van der Waals surface area contributed by atoms with E-state index >= 15 is 0 Å². The molecule has 0 bridgehead atoms. The Morgan fingerprint density at radius 1 is 1.33 bits per heavy atom. The molecule has 1 aromatic heterocycles. The second-order valence-corrected chi connectivity index (χ2v) is 7.52. The van der Waals surface area contributed by atoms with Crippen LogP contribution in [0.25, 0.3) is 11.3 Å². The number of rotatable bonds is 4. The smallest absolute Gasteiger partial charge is 0.422 e. The molecule has 0 spiro atoms. The van der Waals surface area contributed by atoms with Crippen molar-refractivity contribution in [1.29, 1.82) is 0 Å². The number of ether oxygens (including phenoxy) is 1. The molecule has 0 saturated heterocycles. The van der Waals surface area contributed by atoms with Gasteiger partial charge < -0.3 is 14.8 Å². The monoisotopic (exact) mass is 462 g/mol. The zero-order valence-electron chi connectivity index (χ0n) is 15.7. The average Bonchev–Trinajstić information content (AvgIpc) is 3.05. The Bertz CT molecular complexity index is 1020. The topological polar surface area (TPSA) is 74.8 Å². The van der Waals surface area contributed by atoms with E-state index in [2.05, 4.69) is 5.16 Å². The SMILES string of the molecule is CCOC(=O)C1(C)CC(c2cc(-c3c(Cl)cc(C(F)(F)F)c[n+]3[O-])ccc2Cl)=NO1. The van der Waals surface area contributed by atoms with E-state index in [0.717, 1.165) is 0 Å². The molecule has 0 fully saturated rings. The van der Waals surface area contributed by atoms with E-state index in [9.17, 15) is 23.2 Å². The number of hydrogen-bond donors (Lipinski definition) is 0. The fourth-order valence-electron chi connectivity index (χ4n) is 2.93. The Kier molecular flexibility index (Phi) is 5.88. The van der Waals surface area contributed by atoms with Crippen LogP contribution >= 0.6 is 23.2 Å². The number of hydrogen-bond acceptors (Lipinski definition) is 5. The van der Waals surface area contributed by atoms with Gasteiger partial charge in [-0.15, -0.1) is 0 Å². The molecule has 11 heteroatoms. The van der Waals surface area contributed by atoms with Gasteiger partial charge in [-0.2, -0.15) is 17.9 Å². The molecule has 2 heterocycles. The number of nitrogens with zero attached hydrogens (tertiary/aromatic N) is 2. The minimum Gasteiger partial charge on any atom is -0.618 e. The fourth-order valence-corrected chi connectivity index (χ4v) is 3.47. The van der Waals surface area contributed by atoms with Crippen molar-refractivity contribution < 1.29 is 32.3 Å². The summed E-state index contributed by atoms with van der Waals surface area (Å²) in [6, 6.07) is 5.01. The van der Waals surface area contributed by atoms with Gasteiger partial charge in [0.2, 0.25) is 11.3 Å². The van der Waals surface area contributed by atoms with Gasteiger partial charge in [-0.3, -0.25) is 0 Å². The fraction of sp³-hybridized carbons (Fsp3) is 0.316. The summed E-state index contributed by atoms with van der Waals surface area (Å²) in [6.45, 7) is 3.33. The second kappa shape index (κ2) is 7.96. The number of oxime groups is 1. The van der Waals surface area contributed by atoms with Crippen molar-refractivity contribution in [3.05, 3.63) is 56.8 Å². The second-order valence-electron chi connectivity index (χ2n) is 6.70. The highest BCUT2D eigenvalue weighted by Gasteiger charge is 2.44. The molecule has 30 heavy (non-hydrogen) atoms. The Labute approximate surface area is 179 Å². The maximum Gasteiger partial charge on any atom is 0.422 e. The minimum atomic E-state index is -4.72. The summed E-state index contributed by atoms with van der Waals surface area (Å²) in [6.07, 6.45) is -4.26.